The van der Waals surface area contributed by atoms with Crippen LogP contribution in [0, 0.1) is 0 Å². The van der Waals surface area contributed by atoms with Gasteiger partial charge in [0.25, 0.3) is 0 Å². The molecule has 0 spiro atoms. The second-order valence-corrected chi connectivity index (χ2v) is 5.00. The summed E-state index contributed by atoms with van der Waals surface area (Å²) in [5.41, 5.74) is 8.11. The molecule has 0 radical (unpaired) electrons. The standard InChI is InChI=1S/C17H18N4O3/c1-22-14-7-11(8-15(23-2)16(14)24-3)17-19-10-20-21(17)13-6-4-5-12(18)9-13/h4-10H,18H2,1-3H3. The van der Waals surface area contributed by atoms with Crippen molar-refractivity contribution in [2.24, 2.45) is 0 Å². The Morgan fingerprint density at radius 3 is 2.25 bits per heavy atom. The number of nitrogens with zero attached hydrogens (tertiary/aromatic N) is 3. The minimum Gasteiger partial charge on any atom is -0.493 e. The quantitative estimate of drug-likeness (QED) is 0.725. The van der Waals surface area contributed by atoms with E-state index in [-0.39, 0.29) is 0 Å². The highest BCUT2D eigenvalue weighted by atomic mass is 16.5. The summed E-state index contributed by atoms with van der Waals surface area (Å²) >= 11 is 0. The van der Waals surface area contributed by atoms with E-state index in [1.165, 1.54) is 6.33 Å². The first-order chi connectivity index (χ1) is 11.7. The predicted octanol–water partition coefficient (Wildman–Crippen LogP) is 2.54. The molecule has 0 aliphatic carbocycles. The number of methoxy groups -OCH3 is 3. The smallest absolute Gasteiger partial charge is 0.203 e. The summed E-state index contributed by atoms with van der Waals surface area (Å²) in [7, 11) is 4.71. The van der Waals surface area contributed by atoms with Crippen LogP contribution < -0.4 is 19.9 Å². The van der Waals surface area contributed by atoms with E-state index in [0.29, 0.717) is 28.8 Å². The lowest BCUT2D eigenvalue weighted by Crippen LogP contribution is -2.02. The van der Waals surface area contributed by atoms with Gasteiger partial charge in [-0.05, 0) is 30.3 Å². The van der Waals surface area contributed by atoms with Gasteiger partial charge in [-0.25, -0.2) is 9.67 Å². The molecule has 0 saturated heterocycles. The second kappa shape index (κ2) is 6.49. The first-order valence-corrected chi connectivity index (χ1v) is 7.24. The van der Waals surface area contributed by atoms with Crippen LogP contribution in [0.25, 0.3) is 17.1 Å². The average Bonchev–Trinajstić information content (AvgIpc) is 3.10. The summed E-state index contributed by atoms with van der Waals surface area (Å²) in [5.74, 6) is 2.27. The molecule has 0 aliphatic heterocycles. The van der Waals surface area contributed by atoms with Gasteiger partial charge in [-0.1, -0.05) is 6.07 Å². The Bertz CT molecular complexity index is 836. The molecule has 1 aromatic heterocycles. The Hall–Kier alpha value is -3.22. The maximum absolute atomic E-state index is 5.86. The van der Waals surface area contributed by atoms with Gasteiger partial charge in [0.05, 0.1) is 27.0 Å². The lowest BCUT2D eigenvalue weighted by Gasteiger charge is -2.14. The van der Waals surface area contributed by atoms with Crippen molar-refractivity contribution in [1.29, 1.82) is 0 Å². The van der Waals surface area contributed by atoms with Gasteiger partial charge < -0.3 is 19.9 Å². The van der Waals surface area contributed by atoms with Crippen LogP contribution in [0.1, 0.15) is 0 Å². The van der Waals surface area contributed by atoms with Crippen LogP contribution in [-0.2, 0) is 0 Å². The van der Waals surface area contributed by atoms with Gasteiger partial charge in [-0.3, -0.25) is 0 Å². The van der Waals surface area contributed by atoms with E-state index in [4.69, 9.17) is 19.9 Å². The predicted molar refractivity (Wildman–Crippen MR) is 90.9 cm³/mol. The van der Waals surface area contributed by atoms with Gasteiger partial charge in [0, 0.05) is 11.3 Å². The monoisotopic (exact) mass is 326 g/mol. The largest absolute Gasteiger partial charge is 0.493 e. The zero-order valence-electron chi connectivity index (χ0n) is 13.7. The molecule has 3 rings (SSSR count). The lowest BCUT2D eigenvalue weighted by molar-refractivity contribution is 0.324. The zero-order valence-corrected chi connectivity index (χ0v) is 13.7. The molecule has 0 amide bonds. The van der Waals surface area contributed by atoms with Crippen LogP contribution >= 0.6 is 0 Å². The van der Waals surface area contributed by atoms with E-state index in [1.807, 2.05) is 36.4 Å². The molecular weight excluding hydrogens is 308 g/mol. The fourth-order valence-corrected chi connectivity index (χ4v) is 2.49. The van der Waals surface area contributed by atoms with Crippen LogP contribution in [0.15, 0.2) is 42.7 Å². The number of anilines is 1. The van der Waals surface area contributed by atoms with Gasteiger partial charge in [0.15, 0.2) is 17.3 Å². The maximum atomic E-state index is 5.86. The zero-order chi connectivity index (χ0) is 17.1. The third-order valence-electron chi connectivity index (χ3n) is 3.59. The molecule has 2 aromatic carbocycles. The molecule has 24 heavy (non-hydrogen) atoms. The molecule has 0 unspecified atom stereocenters. The molecule has 0 aliphatic rings. The summed E-state index contributed by atoms with van der Waals surface area (Å²) in [6.45, 7) is 0. The molecule has 3 aromatic rings. The maximum Gasteiger partial charge on any atom is 0.203 e. The number of nitrogen functional groups attached to an aromatic ring is 1. The molecule has 2 N–H and O–H groups in total. The summed E-state index contributed by atoms with van der Waals surface area (Å²) in [6.07, 6.45) is 1.49. The fourth-order valence-electron chi connectivity index (χ4n) is 2.49. The Morgan fingerprint density at radius 1 is 0.958 bits per heavy atom. The van der Waals surface area contributed by atoms with Crippen LogP contribution in [0.5, 0.6) is 17.2 Å². The van der Waals surface area contributed by atoms with Crippen molar-refractivity contribution in [3.05, 3.63) is 42.7 Å². The number of ether oxygens (including phenoxy) is 3. The number of nitrogens with two attached hydrogens (primary N) is 1. The highest BCUT2D eigenvalue weighted by molar-refractivity contribution is 5.68. The Morgan fingerprint density at radius 2 is 1.67 bits per heavy atom. The summed E-state index contributed by atoms with van der Waals surface area (Å²) < 4.78 is 17.9. The van der Waals surface area contributed by atoms with Crippen molar-refractivity contribution >= 4 is 5.69 Å². The highest BCUT2D eigenvalue weighted by Crippen LogP contribution is 2.41. The average molecular weight is 326 g/mol. The minimum atomic E-state index is 0.527. The van der Waals surface area contributed by atoms with Crippen molar-refractivity contribution in [2.75, 3.05) is 27.1 Å². The van der Waals surface area contributed by atoms with E-state index < -0.39 is 0 Å². The molecule has 0 fully saturated rings. The van der Waals surface area contributed by atoms with Crippen LogP contribution in [0.4, 0.5) is 5.69 Å². The number of aromatic nitrogens is 3. The van der Waals surface area contributed by atoms with Gasteiger partial charge in [-0.2, -0.15) is 5.10 Å². The van der Waals surface area contributed by atoms with Gasteiger partial charge >= 0.3 is 0 Å². The van der Waals surface area contributed by atoms with Crippen molar-refractivity contribution in [3.63, 3.8) is 0 Å². The van der Waals surface area contributed by atoms with E-state index in [1.54, 1.807) is 26.0 Å². The molecule has 0 bridgehead atoms. The molecule has 124 valence electrons. The Labute approximate surface area is 139 Å². The molecule has 0 atom stereocenters. The van der Waals surface area contributed by atoms with Crippen LogP contribution in [0.3, 0.4) is 0 Å². The fraction of sp³-hybridized carbons (Fsp3) is 0.176. The third kappa shape index (κ3) is 2.71. The van der Waals surface area contributed by atoms with Crippen LogP contribution in [0.2, 0.25) is 0 Å². The van der Waals surface area contributed by atoms with E-state index in [2.05, 4.69) is 10.1 Å². The van der Waals surface area contributed by atoms with Crippen LogP contribution in [-0.4, -0.2) is 36.1 Å². The third-order valence-corrected chi connectivity index (χ3v) is 3.59. The number of hydrogen-bond donors (Lipinski definition) is 1. The first kappa shape index (κ1) is 15.7. The SMILES string of the molecule is COc1cc(-c2ncnn2-c2cccc(N)c2)cc(OC)c1OC. The van der Waals surface area contributed by atoms with Gasteiger partial charge in [0.2, 0.25) is 5.75 Å². The lowest BCUT2D eigenvalue weighted by atomic mass is 10.1. The molecule has 1 heterocycles. The second-order valence-electron chi connectivity index (χ2n) is 5.00. The molecule has 7 nitrogen and oxygen atoms in total. The number of benzene rings is 2. The number of rotatable bonds is 5. The summed E-state index contributed by atoms with van der Waals surface area (Å²) in [6, 6.07) is 11.1. The molecule has 7 heteroatoms. The molecular formula is C17H18N4O3. The normalized spacial score (nSPS) is 10.5. The Balaban J connectivity index is 2.16. The van der Waals surface area contributed by atoms with Crippen molar-refractivity contribution < 1.29 is 14.2 Å². The number of hydrogen-bond acceptors (Lipinski definition) is 6. The Kier molecular flexibility index (Phi) is 4.24. The van der Waals surface area contributed by atoms with E-state index in [9.17, 15) is 0 Å². The summed E-state index contributed by atoms with van der Waals surface area (Å²) in [5, 5.41) is 4.29. The van der Waals surface area contributed by atoms with E-state index in [0.717, 1.165) is 11.3 Å². The van der Waals surface area contributed by atoms with Crippen molar-refractivity contribution in [2.45, 2.75) is 0 Å². The topological polar surface area (TPSA) is 84.4 Å². The van der Waals surface area contributed by atoms with Gasteiger partial charge in [0.1, 0.15) is 6.33 Å². The first-order valence-electron chi connectivity index (χ1n) is 7.24. The van der Waals surface area contributed by atoms with Gasteiger partial charge in [-0.15, -0.1) is 0 Å². The van der Waals surface area contributed by atoms with E-state index >= 15 is 0 Å². The summed E-state index contributed by atoms with van der Waals surface area (Å²) in [4.78, 5) is 4.36. The van der Waals surface area contributed by atoms with Crippen molar-refractivity contribution in [3.8, 4) is 34.3 Å². The van der Waals surface area contributed by atoms with Crippen molar-refractivity contribution in [1.82, 2.24) is 14.8 Å². The highest BCUT2D eigenvalue weighted by Gasteiger charge is 2.17. The molecule has 0 saturated carbocycles. The minimum absolute atomic E-state index is 0.527.